The highest BCUT2D eigenvalue weighted by atomic mass is 32.1. The molecule has 0 radical (unpaired) electrons. The van der Waals surface area contributed by atoms with E-state index in [1.165, 1.54) is 4.68 Å². The lowest BCUT2D eigenvalue weighted by Gasteiger charge is -2.34. The maximum Gasteiger partial charge on any atom is 0.273 e. The number of nitrogens with one attached hydrogen (secondary N) is 1. The summed E-state index contributed by atoms with van der Waals surface area (Å²) in [6.07, 6.45) is 1.91. The first-order valence-electron chi connectivity index (χ1n) is 10.1. The molecule has 0 bridgehead atoms. The molecule has 1 aliphatic rings. The minimum absolute atomic E-state index is 0.0356. The summed E-state index contributed by atoms with van der Waals surface area (Å²) in [5, 5.41) is 4.21. The van der Waals surface area contributed by atoms with Gasteiger partial charge in [0.05, 0.1) is 17.3 Å². The number of hydrogen-bond acceptors (Lipinski definition) is 7. The predicted octanol–water partition coefficient (Wildman–Crippen LogP) is 1.43. The van der Waals surface area contributed by atoms with E-state index in [0.29, 0.717) is 37.0 Å². The predicted molar refractivity (Wildman–Crippen MR) is 120 cm³/mol. The normalized spacial score (nSPS) is 14.5. The summed E-state index contributed by atoms with van der Waals surface area (Å²) in [7, 11) is 0. The third-order valence-electron chi connectivity index (χ3n) is 5.49. The van der Waals surface area contributed by atoms with Gasteiger partial charge >= 0.3 is 0 Å². The molecule has 1 amide bonds. The molecule has 0 saturated carbocycles. The average Bonchev–Trinajstić information content (AvgIpc) is 3.25. The number of carbonyl (C=O) groups excluding carboxylic acids is 1. The monoisotopic (exact) mass is 436 g/mol. The van der Waals surface area contributed by atoms with Crippen molar-refractivity contribution in [2.24, 2.45) is 0 Å². The van der Waals surface area contributed by atoms with Gasteiger partial charge in [0.15, 0.2) is 5.13 Å². The van der Waals surface area contributed by atoms with Crippen LogP contribution in [-0.4, -0.2) is 56.7 Å². The van der Waals surface area contributed by atoms with Crippen LogP contribution in [0.2, 0.25) is 0 Å². The Hall–Kier alpha value is -3.53. The maximum atomic E-state index is 12.7. The van der Waals surface area contributed by atoms with Crippen molar-refractivity contribution in [2.75, 3.05) is 31.1 Å². The van der Waals surface area contributed by atoms with Gasteiger partial charge in [0.1, 0.15) is 10.3 Å². The van der Waals surface area contributed by atoms with Crippen LogP contribution in [0.15, 0.2) is 52.2 Å². The van der Waals surface area contributed by atoms with Gasteiger partial charge in [-0.1, -0.05) is 23.5 Å². The second-order valence-electron chi connectivity index (χ2n) is 7.39. The van der Waals surface area contributed by atoms with Crippen LogP contribution in [0.1, 0.15) is 6.42 Å². The van der Waals surface area contributed by atoms with Gasteiger partial charge in [-0.3, -0.25) is 19.5 Å². The molecular formula is C21H20N6O3S. The zero-order valence-corrected chi connectivity index (χ0v) is 17.5. The number of nitrogens with zero attached hydrogens (tertiary/aromatic N) is 5. The minimum atomic E-state index is -0.332. The molecule has 1 aliphatic heterocycles. The van der Waals surface area contributed by atoms with E-state index < -0.39 is 0 Å². The topological polar surface area (TPSA) is 104 Å². The number of aryl methyl sites for hydroxylation is 1. The molecular weight excluding hydrogens is 416 g/mol. The molecule has 0 atom stereocenters. The van der Waals surface area contributed by atoms with Crippen LogP contribution in [0.5, 0.6) is 0 Å². The highest BCUT2D eigenvalue weighted by Crippen LogP contribution is 2.27. The van der Waals surface area contributed by atoms with Crippen LogP contribution in [0.4, 0.5) is 5.13 Å². The van der Waals surface area contributed by atoms with E-state index in [2.05, 4.69) is 20.0 Å². The van der Waals surface area contributed by atoms with E-state index in [1.54, 1.807) is 46.7 Å². The van der Waals surface area contributed by atoms with Crippen LogP contribution in [0, 0.1) is 0 Å². The fourth-order valence-corrected chi connectivity index (χ4v) is 4.77. The van der Waals surface area contributed by atoms with Crippen molar-refractivity contribution in [3.8, 4) is 0 Å². The lowest BCUT2D eigenvalue weighted by Crippen LogP contribution is -2.49. The molecule has 1 saturated heterocycles. The number of anilines is 1. The van der Waals surface area contributed by atoms with Crippen molar-refractivity contribution in [2.45, 2.75) is 13.0 Å². The number of piperazine rings is 1. The Labute approximate surface area is 180 Å². The van der Waals surface area contributed by atoms with Crippen LogP contribution in [0.3, 0.4) is 0 Å². The van der Waals surface area contributed by atoms with Gasteiger partial charge in [-0.15, -0.1) is 0 Å². The molecule has 1 fully saturated rings. The van der Waals surface area contributed by atoms with Gasteiger partial charge in [0.25, 0.3) is 11.1 Å². The van der Waals surface area contributed by atoms with Crippen LogP contribution in [0.25, 0.3) is 21.1 Å². The van der Waals surface area contributed by atoms with Crippen molar-refractivity contribution in [1.29, 1.82) is 0 Å². The summed E-state index contributed by atoms with van der Waals surface area (Å²) >= 11 is 1.55. The van der Waals surface area contributed by atoms with Crippen LogP contribution < -0.4 is 16.0 Å². The largest absolute Gasteiger partial charge is 0.344 e. The molecule has 31 heavy (non-hydrogen) atoms. The molecule has 5 rings (SSSR count). The number of fused-ring (bicyclic) bond motifs is 2. The molecule has 10 heteroatoms. The zero-order chi connectivity index (χ0) is 21.4. The Kier molecular flexibility index (Phi) is 4.99. The fraction of sp³-hybridized carbons (Fsp3) is 0.286. The molecule has 0 unspecified atom stereocenters. The lowest BCUT2D eigenvalue weighted by molar-refractivity contribution is -0.131. The molecule has 4 aromatic rings. The summed E-state index contributed by atoms with van der Waals surface area (Å²) in [5.74, 6) is -0.0356. The Morgan fingerprint density at radius 3 is 2.58 bits per heavy atom. The molecule has 9 nitrogen and oxygen atoms in total. The number of benzene rings is 1. The van der Waals surface area contributed by atoms with Gasteiger partial charge in [-0.05, 0) is 24.3 Å². The van der Waals surface area contributed by atoms with Crippen molar-refractivity contribution in [3.63, 3.8) is 0 Å². The third kappa shape index (κ3) is 3.70. The van der Waals surface area contributed by atoms with Gasteiger partial charge < -0.3 is 9.80 Å². The number of H-pyrrole nitrogens is 1. The Morgan fingerprint density at radius 2 is 1.81 bits per heavy atom. The quantitative estimate of drug-likeness (QED) is 0.519. The number of pyridine rings is 1. The van der Waals surface area contributed by atoms with Gasteiger partial charge in [-0.2, -0.15) is 0 Å². The van der Waals surface area contributed by atoms with Crippen molar-refractivity contribution >= 4 is 43.5 Å². The van der Waals surface area contributed by atoms with E-state index in [0.717, 1.165) is 15.5 Å². The molecule has 3 aromatic heterocycles. The van der Waals surface area contributed by atoms with Gasteiger partial charge in [0, 0.05) is 38.8 Å². The number of amides is 1. The average molecular weight is 436 g/mol. The first-order valence-corrected chi connectivity index (χ1v) is 10.9. The Balaban J connectivity index is 1.22. The molecule has 1 N–H and O–H groups in total. The maximum absolute atomic E-state index is 12.7. The second-order valence-corrected chi connectivity index (χ2v) is 8.34. The summed E-state index contributed by atoms with van der Waals surface area (Å²) in [4.78, 5) is 51.3. The fourth-order valence-electron chi connectivity index (χ4n) is 3.81. The highest BCUT2D eigenvalue weighted by molar-refractivity contribution is 7.21. The zero-order valence-electron chi connectivity index (χ0n) is 16.7. The molecule has 1 aromatic carbocycles. The summed E-state index contributed by atoms with van der Waals surface area (Å²) < 4.78 is 1.23. The van der Waals surface area contributed by atoms with Crippen LogP contribution in [-0.2, 0) is 11.3 Å². The summed E-state index contributed by atoms with van der Waals surface area (Å²) in [6, 6.07) is 10.5. The van der Waals surface area contributed by atoms with Gasteiger partial charge in [-0.25, -0.2) is 14.6 Å². The summed E-state index contributed by atoms with van der Waals surface area (Å²) in [6.45, 7) is 2.70. The van der Waals surface area contributed by atoms with Crippen LogP contribution >= 0.6 is 11.3 Å². The van der Waals surface area contributed by atoms with E-state index in [9.17, 15) is 14.4 Å². The van der Waals surface area contributed by atoms with Crippen molar-refractivity contribution < 1.29 is 4.79 Å². The van der Waals surface area contributed by atoms with E-state index in [-0.39, 0.29) is 30.0 Å². The number of aromatic amines is 1. The Bertz CT molecular complexity index is 1350. The Morgan fingerprint density at radius 1 is 1.03 bits per heavy atom. The first-order chi connectivity index (χ1) is 15.1. The number of aromatic nitrogens is 4. The smallest absolute Gasteiger partial charge is 0.273 e. The summed E-state index contributed by atoms with van der Waals surface area (Å²) in [5.41, 5.74) is 0.259. The molecule has 0 aliphatic carbocycles. The SMILES string of the molecule is O=C(CCn1[nH]c(=O)c2ccccc2c1=O)N1CCN(c2nc3cccnc3s2)CC1. The second kappa shape index (κ2) is 7.95. The van der Waals surface area contributed by atoms with E-state index >= 15 is 0 Å². The van der Waals surface area contributed by atoms with Crippen molar-refractivity contribution in [1.82, 2.24) is 24.6 Å². The number of hydrogen-bond donors (Lipinski definition) is 1. The number of thiazole rings is 1. The molecule has 4 heterocycles. The van der Waals surface area contributed by atoms with Gasteiger partial charge in [0.2, 0.25) is 5.91 Å². The first kappa shape index (κ1) is 19.4. The highest BCUT2D eigenvalue weighted by Gasteiger charge is 2.23. The van der Waals surface area contributed by atoms with Crippen molar-refractivity contribution in [3.05, 3.63) is 63.3 Å². The lowest BCUT2D eigenvalue weighted by atomic mass is 10.2. The minimum Gasteiger partial charge on any atom is -0.344 e. The number of rotatable bonds is 4. The molecule has 0 spiro atoms. The van der Waals surface area contributed by atoms with E-state index in [1.807, 2.05) is 12.1 Å². The number of carbonyl (C=O) groups is 1. The molecule has 158 valence electrons. The third-order valence-corrected chi connectivity index (χ3v) is 6.53. The standard InChI is InChI=1S/C21H20N6O3S/c28-17(7-9-27-20(30)15-5-2-1-4-14(15)18(29)24-27)25-10-12-26(13-11-25)21-23-16-6-3-8-22-19(16)31-21/h1-6,8H,7,9-13H2,(H,24,29). The van der Waals surface area contributed by atoms with E-state index in [4.69, 9.17) is 0 Å².